The highest BCUT2D eigenvalue weighted by molar-refractivity contribution is 5.61. The number of rotatable bonds is 3. The molecule has 1 aromatic carbocycles. The van der Waals surface area contributed by atoms with Crippen LogP contribution in [0.3, 0.4) is 0 Å². The van der Waals surface area contributed by atoms with Gasteiger partial charge in [-0.15, -0.1) is 0 Å². The molecule has 0 fully saturated rings. The van der Waals surface area contributed by atoms with Gasteiger partial charge in [0.2, 0.25) is 5.82 Å². The number of hydrogen-bond acceptors (Lipinski definition) is 5. The van der Waals surface area contributed by atoms with Gasteiger partial charge in [-0.3, -0.25) is 0 Å². The van der Waals surface area contributed by atoms with Crippen molar-refractivity contribution in [2.24, 2.45) is 0 Å². The summed E-state index contributed by atoms with van der Waals surface area (Å²) in [6.45, 7) is 3.79. The highest BCUT2D eigenvalue weighted by Gasteiger charge is 2.19. The highest BCUT2D eigenvalue weighted by atomic mass is 16.5. The lowest BCUT2D eigenvalue weighted by molar-refractivity contribution is 0.109. The Morgan fingerprint density at radius 1 is 1.42 bits per heavy atom. The normalized spacial score (nSPS) is 16.1. The van der Waals surface area contributed by atoms with Crippen LogP contribution in [0.5, 0.6) is 0 Å². The van der Waals surface area contributed by atoms with E-state index in [9.17, 15) is 0 Å². The summed E-state index contributed by atoms with van der Waals surface area (Å²) in [7, 11) is 1.64. The lowest BCUT2D eigenvalue weighted by atomic mass is 9.95. The van der Waals surface area contributed by atoms with E-state index in [1.54, 1.807) is 7.11 Å². The van der Waals surface area contributed by atoms with Gasteiger partial charge in [0.15, 0.2) is 0 Å². The molecule has 1 aliphatic rings. The first-order valence-corrected chi connectivity index (χ1v) is 6.48. The third-order valence-corrected chi connectivity index (χ3v) is 3.53. The van der Waals surface area contributed by atoms with Gasteiger partial charge in [0.1, 0.15) is 6.10 Å². The van der Waals surface area contributed by atoms with E-state index in [1.807, 2.05) is 19.1 Å². The molecule has 1 aliphatic heterocycles. The van der Waals surface area contributed by atoms with Gasteiger partial charge in [-0.25, -0.2) is 0 Å². The number of hydrogen-bond donors (Lipinski definition) is 1. The van der Waals surface area contributed by atoms with Crippen molar-refractivity contribution >= 4 is 0 Å². The molecule has 100 valence electrons. The average Bonchev–Trinajstić information content (AvgIpc) is 2.95. The van der Waals surface area contributed by atoms with Gasteiger partial charge in [0, 0.05) is 19.2 Å². The van der Waals surface area contributed by atoms with Crippen LogP contribution < -0.4 is 5.32 Å². The smallest absolute Gasteiger partial charge is 0.258 e. The highest BCUT2D eigenvalue weighted by Crippen LogP contribution is 2.28. The summed E-state index contributed by atoms with van der Waals surface area (Å²) in [6.07, 6.45) is 0.835. The summed E-state index contributed by atoms with van der Waals surface area (Å²) in [5.74, 6) is 1.17. The Kier molecular flexibility index (Phi) is 3.31. The van der Waals surface area contributed by atoms with Crippen LogP contribution in [0.25, 0.3) is 11.5 Å². The molecule has 0 saturated carbocycles. The van der Waals surface area contributed by atoms with Crippen molar-refractivity contribution in [1.82, 2.24) is 15.5 Å². The van der Waals surface area contributed by atoms with Crippen molar-refractivity contribution in [3.8, 4) is 11.5 Å². The number of fused-ring (bicyclic) bond motifs is 1. The Morgan fingerprint density at radius 2 is 2.32 bits per heavy atom. The van der Waals surface area contributed by atoms with E-state index in [1.165, 1.54) is 11.1 Å². The molecular weight excluding hydrogens is 242 g/mol. The maximum Gasteiger partial charge on any atom is 0.258 e. The first kappa shape index (κ1) is 12.3. The minimum absolute atomic E-state index is 0.154. The minimum atomic E-state index is -0.154. The lowest BCUT2D eigenvalue weighted by Gasteiger charge is -2.18. The molecule has 19 heavy (non-hydrogen) atoms. The fraction of sp³-hybridized carbons (Fsp3) is 0.429. The molecule has 5 nitrogen and oxygen atoms in total. The number of nitrogens with one attached hydrogen (secondary N) is 1. The van der Waals surface area contributed by atoms with Crippen LogP contribution in [0.4, 0.5) is 0 Å². The molecule has 0 radical (unpaired) electrons. The van der Waals surface area contributed by atoms with E-state index in [2.05, 4.69) is 21.5 Å². The van der Waals surface area contributed by atoms with Crippen LogP contribution in [-0.2, 0) is 17.7 Å². The second-order valence-electron chi connectivity index (χ2n) is 4.71. The molecule has 1 aromatic heterocycles. The van der Waals surface area contributed by atoms with Crippen LogP contribution in [-0.4, -0.2) is 23.8 Å². The molecule has 1 unspecified atom stereocenters. The van der Waals surface area contributed by atoms with Crippen molar-refractivity contribution in [3.63, 3.8) is 0 Å². The van der Waals surface area contributed by atoms with Gasteiger partial charge in [-0.2, -0.15) is 4.98 Å². The zero-order chi connectivity index (χ0) is 13.2. The Labute approximate surface area is 112 Å². The molecule has 0 spiro atoms. The maximum absolute atomic E-state index is 5.38. The number of methoxy groups -OCH3 is 1. The predicted octanol–water partition coefficient (Wildman–Crippen LogP) is 2.09. The Hall–Kier alpha value is -1.72. The van der Waals surface area contributed by atoms with Crippen LogP contribution in [0.1, 0.15) is 30.0 Å². The van der Waals surface area contributed by atoms with E-state index < -0.39 is 0 Å². The summed E-state index contributed by atoms with van der Waals surface area (Å²) in [6, 6.07) is 6.21. The van der Waals surface area contributed by atoms with Crippen LogP contribution in [0.2, 0.25) is 0 Å². The van der Waals surface area contributed by atoms with Gasteiger partial charge >= 0.3 is 0 Å². The van der Waals surface area contributed by atoms with Crippen molar-refractivity contribution in [1.29, 1.82) is 0 Å². The Bertz CT molecular complexity index is 580. The van der Waals surface area contributed by atoms with Gasteiger partial charge in [-0.1, -0.05) is 17.3 Å². The zero-order valence-electron chi connectivity index (χ0n) is 11.1. The van der Waals surface area contributed by atoms with Gasteiger partial charge in [0.25, 0.3) is 5.89 Å². The number of nitrogens with zero attached hydrogens (tertiary/aromatic N) is 2. The molecule has 3 rings (SSSR count). The minimum Gasteiger partial charge on any atom is -0.374 e. The fourth-order valence-corrected chi connectivity index (χ4v) is 2.35. The molecule has 5 heteroatoms. The number of benzene rings is 1. The topological polar surface area (TPSA) is 60.2 Å². The molecule has 0 bridgehead atoms. The maximum atomic E-state index is 5.38. The quantitative estimate of drug-likeness (QED) is 0.914. The first-order chi connectivity index (χ1) is 9.29. The Morgan fingerprint density at radius 3 is 3.16 bits per heavy atom. The number of ether oxygens (including phenoxy) is 1. The van der Waals surface area contributed by atoms with Crippen molar-refractivity contribution in [2.45, 2.75) is 26.0 Å². The summed E-state index contributed by atoms with van der Waals surface area (Å²) in [5.41, 5.74) is 3.66. The lowest BCUT2D eigenvalue weighted by Crippen LogP contribution is -2.24. The molecule has 2 aromatic rings. The summed E-state index contributed by atoms with van der Waals surface area (Å²) in [5, 5.41) is 7.35. The average molecular weight is 259 g/mol. The second-order valence-corrected chi connectivity index (χ2v) is 4.71. The van der Waals surface area contributed by atoms with Crippen molar-refractivity contribution in [2.75, 3.05) is 13.7 Å². The van der Waals surface area contributed by atoms with Gasteiger partial charge < -0.3 is 14.6 Å². The summed E-state index contributed by atoms with van der Waals surface area (Å²) < 4.78 is 10.6. The van der Waals surface area contributed by atoms with Gasteiger partial charge in [0.05, 0.1) is 0 Å². The molecular formula is C14H17N3O2. The first-order valence-electron chi connectivity index (χ1n) is 6.48. The summed E-state index contributed by atoms with van der Waals surface area (Å²) >= 11 is 0. The molecule has 0 aliphatic carbocycles. The molecule has 0 amide bonds. The standard InChI is InChI=1S/C14H17N3O2/c1-9(18-2)13-16-14(19-17-13)12-5-3-4-10-8-15-7-6-11(10)12/h3-5,9,15H,6-8H2,1-2H3. The van der Waals surface area contributed by atoms with E-state index in [4.69, 9.17) is 9.26 Å². The third-order valence-electron chi connectivity index (χ3n) is 3.53. The largest absolute Gasteiger partial charge is 0.374 e. The van der Waals surface area contributed by atoms with Crippen molar-refractivity contribution in [3.05, 3.63) is 35.2 Å². The second kappa shape index (κ2) is 5.11. The van der Waals surface area contributed by atoms with Crippen molar-refractivity contribution < 1.29 is 9.26 Å². The zero-order valence-corrected chi connectivity index (χ0v) is 11.1. The molecule has 1 N–H and O–H groups in total. The fourth-order valence-electron chi connectivity index (χ4n) is 2.35. The number of aromatic nitrogens is 2. The SMILES string of the molecule is COC(C)c1noc(-c2cccc3c2CCNC3)n1. The van der Waals surface area contributed by atoms with E-state index in [0.717, 1.165) is 25.1 Å². The summed E-state index contributed by atoms with van der Waals surface area (Å²) in [4.78, 5) is 4.44. The van der Waals surface area contributed by atoms with E-state index >= 15 is 0 Å². The third kappa shape index (κ3) is 2.27. The van der Waals surface area contributed by atoms with Crippen LogP contribution >= 0.6 is 0 Å². The van der Waals surface area contributed by atoms with E-state index in [0.29, 0.717) is 11.7 Å². The Balaban J connectivity index is 2.00. The molecule has 1 atom stereocenters. The molecule has 2 heterocycles. The van der Waals surface area contributed by atoms with Gasteiger partial charge in [-0.05, 0) is 37.1 Å². The molecule has 0 saturated heterocycles. The predicted molar refractivity (Wildman–Crippen MR) is 70.6 cm³/mol. The van der Waals surface area contributed by atoms with E-state index in [-0.39, 0.29) is 6.10 Å². The monoisotopic (exact) mass is 259 g/mol. The van der Waals surface area contributed by atoms with Crippen LogP contribution in [0.15, 0.2) is 22.7 Å². The van der Waals surface area contributed by atoms with Crippen LogP contribution in [0, 0.1) is 0 Å².